The van der Waals surface area contributed by atoms with E-state index in [2.05, 4.69) is 28.8 Å². The molecule has 0 N–H and O–H groups in total. The van der Waals surface area contributed by atoms with Gasteiger partial charge in [0.05, 0.1) is 13.2 Å². The van der Waals surface area contributed by atoms with Crippen LogP contribution >= 0.6 is 0 Å². The van der Waals surface area contributed by atoms with Gasteiger partial charge in [-0.25, -0.2) is 9.78 Å². The third kappa shape index (κ3) is 2.75. The van der Waals surface area contributed by atoms with Gasteiger partial charge in [0.1, 0.15) is 11.6 Å². The van der Waals surface area contributed by atoms with E-state index in [-0.39, 0.29) is 11.4 Å². The summed E-state index contributed by atoms with van der Waals surface area (Å²) in [5.41, 5.74) is 0.0694. The van der Waals surface area contributed by atoms with E-state index in [4.69, 9.17) is 4.74 Å². The number of ether oxygens (including phenoxy) is 1. The SMILES string of the molecule is Cc1nc(C)n(C(=O)N2CC3(COCCN(C(C)C)C3)C2)n1. The average Bonchev–Trinajstić information content (AvgIpc) is 2.63. The van der Waals surface area contributed by atoms with Crippen LogP contribution in [0.2, 0.25) is 0 Å². The quantitative estimate of drug-likeness (QED) is 0.771. The Labute approximate surface area is 131 Å². The number of rotatable bonds is 1. The van der Waals surface area contributed by atoms with E-state index in [0.717, 1.165) is 39.4 Å². The Bertz CT molecular complexity index is 562. The van der Waals surface area contributed by atoms with E-state index in [1.807, 2.05) is 11.8 Å². The van der Waals surface area contributed by atoms with E-state index in [0.29, 0.717) is 17.7 Å². The molecule has 2 saturated heterocycles. The maximum Gasteiger partial charge on any atom is 0.346 e. The third-order valence-electron chi connectivity index (χ3n) is 4.58. The Morgan fingerprint density at radius 2 is 2.00 bits per heavy atom. The van der Waals surface area contributed by atoms with Crippen molar-refractivity contribution in [3.05, 3.63) is 11.6 Å². The molecule has 2 fully saturated rings. The Balaban J connectivity index is 1.67. The fourth-order valence-electron chi connectivity index (χ4n) is 3.39. The molecule has 1 aromatic rings. The molecule has 2 aliphatic heterocycles. The molecular weight excluding hydrogens is 282 g/mol. The summed E-state index contributed by atoms with van der Waals surface area (Å²) in [6.45, 7) is 12.9. The number of nitrogens with zero attached hydrogens (tertiary/aromatic N) is 5. The van der Waals surface area contributed by atoms with Gasteiger partial charge in [0, 0.05) is 37.6 Å². The van der Waals surface area contributed by atoms with Crippen LogP contribution < -0.4 is 0 Å². The average molecular weight is 307 g/mol. The molecule has 0 aromatic carbocycles. The van der Waals surface area contributed by atoms with Crippen LogP contribution in [0.3, 0.4) is 0 Å². The van der Waals surface area contributed by atoms with E-state index in [1.54, 1.807) is 6.92 Å². The fourth-order valence-corrected chi connectivity index (χ4v) is 3.39. The largest absolute Gasteiger partial charge is 0.379 e. The van der Waals surface area contributed by atoms with Crippen molar-refractivity contribution >= 4 is 6.03 Å². The van der Waals surface area contributed by atoms with Crippen LogP contribution in [-0.2, 0) is 4.74 Å². The number of hydrogen-bond acceptors (Lipinski definition) is 5. The van der Waals surface area contributed by atoms with Crippen LogP contribution in [0.1, 0.15) is 25.5 Å². The lowest BCUT2D eigenvalue weighted by Crippen LogP contribution is -2.64. The molecule has 1 aromatic heterocycles. The van der Waals surface area contributed by atoms with Crippen molar-refractivity contribution in [1.82, 2.24) is 24.6 Å². The van der Waals surface area contributed by atoms with Gasteiger partial charge in [0.2, 0.25) is 0 Å². The second-order valence-electron chi connectivity index (χ2n) is 6.87. The van der Waals surface area contributed by atoms with Crippen molar-refractivity contribution in [2.24, 2.45) is 5.41 Å². The van der Waals surface area contributed by atoms with Gasteiger partial charge in [-0.2, -0.15) is 4.68 Å². The Morgan fingerprint density at radius 3 is 2.59 bits per heavy atom. The van der Waals surface area contributed by atoms with Crippen LogP contribution in [0.25, 0.3) is 0 Å². The van der Waals surface area contributed by atoms with Gasteiger partial charge in [0.15, 0.2) is 0 Å². The Kier molecular flexibility index (Phi) is 3.94. The first-order valence-electron chi connectivity index (χ1n) is 7.92. The second kappa shape index (κ2) is 5.62. The molecule has 1 spiro atoms. The van der Waals surface area contributed by atoms with Gasteiger partial charge in [-0.05, 0) is 27.7 Å². The van der Waals surface area contributed by atoms with Crippen LogP contribution in [0.4, 0.5) is 4.79 Å². The van der Waals surface area contributed by atoms with Gasteiger partial charge >= 0.3 is 6.03 Å². The maximum absolute atomic E-state index is 12.5. The number of hydrogen-bond donors (Lipinski definition) is 0. The zero-order chi connectivity index (χ0) is 15.9. The molecule has 1 amide bonds. The van der Waals surface area contributed by atoms with E-state index >= 15 is 0 Å². The zero-order valence-electron chi connectivity index (χ0n) is 13.9. The maximum atomic E-state index is 12.5. The fraction of sp³-hybridized carbons (Fsp3) is 0.800. The molecule has 7 heteroatoms. The highest BCUT2D eigenvalue weighted by Crippen LogP contribution is 2.34. The van der Waals surface area contributed by atoms with Crippen molar-refractivity contribution in [3.63, 3.8) is 0 Å². The summed E-state index contributed by atoms with van der Waals surface area (Å²) in [6, 6.07) is 0.424. The van der Waals surface area contributed by atoms with Gasteiger partial charge in [-0.15, -0.1) is 5.10 Å². The number of aromatic nitrogens is 3. The Morgan fingerprint density at radius 1 is 1.27 bits per heavy atom. The standard InChI is InChI=1S/C15H25N5O2/c1-11(2)18-5-6-22-10-15(7-18)8-19(9-15)14(21)20-13(4)16-12(3)17-20/h11H,5-10H2,1-4H3. The molecule has 0 saturated carbocycles. The number of carbonyl (C=O) groups excluding carboxylic acids is 1. The molecule has 2 aliphatic rings. The monoisotopic (exact) mass is 307 g/mol. The highest BCUT2D eigenvalue weighted by atomic mass is 16.5. The minimum absolute atomic E-state index is 0.0694. The summed E-state index contributed by atoms with van der Waals surface area (Å²) in [7, 11) is 0. The number of aryl methyl sites for hydroxylation is 2. The molecular formula is C15H25N5O2. The number of carbonyl (C=O) groups is 1. The molecule has 3 rings (SSSR count). The summed E-state index contributed by atoms with van der Waals surface area (Å²) in [5.74, 6) is 1.27. The molecule has 22 heavy (non-hydrogen) atoms. The van der Waals surface area contributed by atoms with Crippen LogP contribution in [0.15, 0.2) is 0 Å². The number of likely N-dealkylation sites (tertiary alicyclic amines) is 1. The molecule has 0 atom stereocenters. The van der Waals surface area contributed by atoms with Gasteiger partial charge in [0.25, 0.3) is 0 Å². The highest BCUT2D eigenvalue weighted by Gasteiger charge is 2.48. The van der Waals surface area contributed by atoms with Crippen LogP contribution in [0, 0.1) is 19.3 Å². The first-order valence-corrected chi connectivity index (χ1v) is 7.92. The predicted molar refractivity (Wildman–Crippen MR) is 81.8 cm³/mol. The molecule has 0 radical (unpaired) electrons. The molecule has 0 unspecified atom stereocenters. The minimum Gasteiger partial charge on any atom is -0.379 e. The molecule has 0 bridgehead atoms. The number of amides is 1. The molecule has 3 heterocycles. The van der Waals surface area contributed by atoms with Gasteiger partial charge in [-0.3, -0.25) is 4.90 Å². The Hall–Kier alpha value is -1.47. The summed E-state index contributed by atoms with van der Waals surface area (Å²) in [5, 5.41) is 4.18. The topological polar surface area (TPSA) is 63.5 Å². The first kappa shape index (κ1) is 15.4. The molecule has 7 nitrogen and oxygen atoms in total. The van der Waals surface area contributed by atoms with E-state index in [1.165, 1.54) is 4.68 Å². The summed E-state index contributed by atoms with van der Waals surface area (Å²) < 4.78 is 7.18. The normalized spacial score (nSPS) is 22.0. The van der Waals surface area contributed by atoms with Gasteiger partial charge < -0.3 is 9.64 Å². The third-order valence-corrected chi connectivity index (χ3v) is 4.58. The zero-order valence-corrected chi connectivity index (χ0v) is 13.9. The van der Waals surface area contributed by atoms with Crippen molar-refractivity contribution in [2.75, 3.05) is 39.4 Å². The van der Waals surface area contributed by atoms with Crippen LogP contribution in [-0.4, -0.2) is 76.0 Å². The summed E-state index contributed by atoms with van der Waals surface area (Å²) >= 11 is 0. The van der Waals surface area contributed by atoms with Crippen molar-refractivity contribution in [3.8, 4) is 0 Å². The van der Waals surface area contributed by atoms with E-state index < -0.39 is 0 Å². The lowest BCUT2D eigenvalue weighted by Gasteiger charge is -2.50. The van der Waals surface area contributed by atoms with Crippen molar-refractivity contribution in [2.45, 2.75) is 33.7 Å². The van der Waals surface area contributed by atoms with Crippen molar-refractivity contribution < 1.29 is 9.53 Å². The first-order chi connectivity index (χ1) is 10.4. The molecule has 122 valence electrons. The van der Waals surface area contributed by atoms with Crippen LogP contribution in [0.5, 0.6) is 0 Å². The lowest BCUT2D eigenvalue weighted by atomic mass is 9.80. The smallest absolute Gasteiger partial charge is 0.346 e. The predicted octanol–water partition coefficient (Wildman–Crippen LogP) is 0.906. The molecule has 0 aliphatic carbocycles. The van der Waals surface area contributed by atoms with Crippen molar-refractivity contribution in [1.29, 1.82) is 0 Å². The van der Waals surface area contributed by atoms with E-state index in [9.17, 15) is 4.79 Å². The lowest BCUT2D eigenvalue weighted by molar-refractivity contribution is -0.0380. The highest BCUT2D eigenvalue weighted by molar-refractivity contribution is 5.77. The van der Waals surface area contributed by atoms with Gasteiger partial charge in [-0.1, -0.05) is 0 Å². The summed E-state index contributed by atoms with van der Waals surface area (Å²) in [6.07, 6.45) is 0. The summed E-state index contributed by atoms with van der Waals surface area (Å²) in [4.78, 5) is 21.0. The minimum atomic E-state index is -0.0796. The second-order valence-corrected chi connectivity index (χ2v) is 6.87.